The number of hydrazine groups is 1. The minimum Gasteiger partial charge on any atom is -0.322 e. The van der Waals surface area contributed by atoms with Gasteiger partial charge in [-0.25, -0.2) is 0 Å². The van der Waals surface area contributed by atoms with Crippen molar-refractivity contribution in [3.63, 3.8) is 0 Å². The molecule has 0 fully saturated rings. The van der Waals surface area contributed by atoms with Crippen LogP contribution in [0, 0.1) is 6.92 Å². The molecule has 3 aromatic rings. The van der Waals surface area contributed by atoms with Crippen molar-refractivity contribution in [1.29, 1.82) is 0 Å². The molecule has 3 rings (SSSR count). The molecule has 0 aliphatic heterocycles. The first-order valence-electron chi connectivity index (χ1n) is 8.77. The molecule has 0 aromatic heterocycles. The van der Waals surface area contributed by atoms with Gasteiger partial charge in [-0.2, -0.15) is 0 Å². The van der Waals surface area contributed by atoms with E-state index in [1.165, 1.54) is 0 Å². The van der Waals surface area contributed by atoms with Gasteiger partial charge >= 0.3 is 0 Å². The summed E-state index contributed by atoms with van der Waals surface area (Å²) in [5.41, 5.74) is 7.66. The molecule has 0 atom stereocenters. The molecule has 3 aromatic carbocycles. The summed E-state index contributed by atoms with van der Waals surface area (Å²) in [6.45, 7) is 1.93. The minimum absolute atomic E-state index is 0.250. The maximum atomic E-state index is 12.2. The largest absolute Gasteiger partial charge is 0.322 e. The van der Waals surface area contributed by atoms with Gasteiger partial charge in [0.2, 0.25) is 0 Å². The van der Waals surface area contributed by atoms with Crippen molar-refractivity contribution in [2.24, 2.45) is 0 Å². The Morgan fingerprint density at radius 2 is 1.03 bits per heavy atom. The lowest BCUT2D eigenvalue weighted by Crippen LogP contribution is -2.41. The molecule has 3 amide bonds. The fraction of sp³-hybridized carbons (Fsp3) is 0.0455. The maximum Gasteiger partial charge on any atom is 0.269 e. The Morgan fingerprint density at radius 1 is 0.621 bits per heavy atom. The summed E-state index contributed by atoms with van der Waals surface area (Å²) in [6, 6.07) is 20.3. The third-order valence-electron chi connectivity index (χ3n) is 4.11. The summed E-state index contributed by atoms with van der Waals surface area (Å²) in [7, 11) is 0. The van der Waals surface area contributed by atoms with E-state index in [1.807, 2.05) is 19.1 Å². The zero-order valence-electron chi connectivity index (χ0n) is 15.5. The van der Waals surface area contributed by atoms with E-state index in [-0.39, 0.29) is 5.91 Å². The van der Waals surface area contributed by atoms with E-state index in [0.717, 1.165) is 10.0 Å². The number of halogens is 1. The van der Waals surface area contributed by atoms with Crippen LogP contribution in [-0.2, 0) is 0 Å². The molecule has 146 valence electrons. The molecule has 0 heterocycles. The zero-order valence-corrected chi connectivity index (χ0v) is 17.1. The summed E-state index contributed by atoms with van der Waals surface area (Å²) in [5.74, 6) is -1.12. The average Bonchev–Trinajstić information content (AvgIpc) is 2.73. The Bertz CT molecular complexity index is 1030. The second kappa shape index (κ2) is 9.16. The van der Waals surface area contributed by atoms with E-state index in [4.69, 9.17) is 0 Å². The van der Waals surface area contributed by atoms with Crippen LogP contribution in [0.1, 0.15) is 36.6 Å². The second-order valence-corrected chi connectivity index (χ2v) is 7.23. The quantitative estimate of drug-likeness (QED) is 0.522. The van der Waals surface area contributed by atoms with Gasteiger partial charge in [0.05, 0.1) is 0 Å². The first kappa shape index (κ1) is 20.3. The molecule has 0 aliphatic rings. The summed E-state index contributed by atoms with van der Waals surface area (Å²) in [5, 5.41) is 2.76. The molecule has 0 unspecified atom stereocenters. The molecule has 0 saturated heterocycles. The molecule has 0 saturated carbocycles. The van der Waals surface area contributed by atoms with E-state index in [2.05, 4.69) is 32.1 Å². The molecule has 0 radical (unpaired) electrons. The third kappa shape index (κ3) is 5.52. The van der Waals surface area contributed by atoms with Gasteiger partial charge in [-0.15, -0.1) is 0 Å². The molecule has 29 heavy (non-hydrogen) atoms. The average molecular weight is 452 g/mol. The van der Waals surface area contributed by atoms with Gasteiger partial charge in [-0.1, -0.05) is 33.6 Å². The monoisotopic (exact) mass is 451 g/mol. The highest BCUT2D eigenvalue weighted by Crippen LogP contribution is 2.14. The number of hydrogen-bond acceptors (Lipinski definition) is 3. The van der Waals surface area contributed by atoms with Crippen molar-refractivity contribution in [3.8, 4) is 0 Å². The van der Waals surface area contributed by atoms with E-state index >= 15 is 0 Å². The molecule has 7 heteroatoms. The standard InChI is InChI=1S/C22H18BrN3O3/c1-14-2-4-16(5-3-14)21(28)25-26-22(29)17-8-12-19(13-9-17)24-20(27)15-6-10-18(23)11-7-15/h2-13H,1H3,(H,24,27)(H,25,28)(H,26,29). The Morgan fingerprint density at radius 3 is 1.55 bits per heavy atom. The summed E-state index contributed by atoms with van der Waals surface area (Å²) >= 11 is 3.32. The summed E-state index contributed by atoms with van der Waals surface area (Å²) < 4.78 is 0.888. The first-order valence-corrected chi connectivity index (χ1v) is 9.56. The smallest absolute Gasteiger partial charge is 0.269 e. The van der Waals surface area contributed by atoms with Crippen molar-refractivity contribution in [2.45, 2.75) is 6.92 Å². The van der Waals surface area contributed by atoms with Crippen LogP contribution in [-0.4, -0.2) is 17.7 Å². The Labute approximate surface area is 176 Å². The van der Waals surface area contributed by atoms with Crippen molar-refractivity contribution in [1.82, 2.24) is 10.9 Å². The summed E-state index contributed by atoms with van der Waals surface area (Å²) in [6.07, 6.45) is 0. The van der Waals surface area contributed by atoms with Crippen molar-refractivity contribution in [3.05, 3.63) is 99.5 Å². The van der Waals surface area contributed by atoms with Crippen molar-refractivity contribution >= 4 is 39.3 Å². The zero-order chi connectivity index (χ0) is 20.8. The van der Waals surface area contributed by atoms with Gasteiger partial charge in [-0.3, -0.25) is 25.2 Å². The van der Waals surface area contributed by atoms with Crippen LogP contribution < -0.4 is 16.2 Å². The molecule has 0 aliphatic carbocycles. The number of amides is 3. The first-order chi connectivity index (χ1) is 13.9. The Hall–Kier alpha value is -3.45. The van der Waals surface area contributed by atoms with E-state index < -0.39 is 11.8 Å². The van der Waals surface area contributed by atoms with Gasteiger partial charge < -0.3 is 5.32 Å². The minimum atomic E-state index is -0.462. The van der Waals surface area contributed by atoms with Crippen LogP contribution in [0.2, 0.25) is 0 Å². The van der Waals surface area contributed by atoms with E-state index in [9.17, 15) is 14.4 Å². The van der Waals surface area contributed by atoms with Gasteiger partial charge in [-0.05, 0) is 67.6 Å². The predicted molar refractivity (Wildman–Crippen MR) is 115 cm³/mol. The normalized spacial score (nSPS) is 10.1. The number of anilines is 1. The predicted octanol–water partition coefficient (Wildman–Crippen LogP) is 4.08. The molecule has 0 bridgehead atoms. The highest BCUT2D eigenvalue weighted by atomic mass is 79.9. The van der Waals surface area contributed by atoms with E-state index in [1.54, 1.807) is 60.7 Å². The second-order valence-electron chi connectivity index (χ2n) is 6.31. The fourth-order valence-corrected chi connectivity index (χ4v) is 2.74. The number of rotatable bonds is 4. The van der Waals surface area contributed by atoms with Gasteiger partial charge in [0.1, 0.15) is 0 Å². The number of hydrogen-bond donors (Lipinski definition) is 3. The number of nitrogens with one attached hydrogen (secondary N) is 3. The molecule has 6 nitrogen and oxygen atoms in total. The fourth-order valence-electron chi connectivity index (χ4n) is 2.47. The molecule has 3 N–H and O–H groups in total. The van der Waals surface area contributed by atoms with Crippen LogP contribution in [0.25, 0.3) is 0 Å². The van der Waals surface area contributed by atoms with Crippen LogP contribution in [0.15, 0.2) is 77.3 Å². The van der Waals surface area contributed by atoms with Crippen LogP contribution >= 0.6 is 15.9 Å². The molecular formula is C22H18BrN3O3. The number of aryl methyl sites for hydroxylation is 1. The highest BCUT2D eigenvalue weighted by Gasteiger charge is 2.10. The highest BCUT2D eigenvalue weighted by molar-refractivity contribution is 9.10. The van der Waals surface area contributed by atoms with Gasteiger partial charge in [0.25, 0.3) is 17.7 Å². The maximum absolute atomic E-state index is 12.2. The van der Waals surface area contributed by atoms with Crippen molar-refractivity contribution < 1.29 is 14.4 Å². The number of benzene rings is 3. The van der Waals surface area contributed by atoms with Crippen molar-refractivity contribution in [2.75, 3.05) is 5.32 Å². The van der Waals surface area contributed by atoms with E-state index in [0.29, 0.717) is 22.4 Å². The number of carbonyl (C=O) groups excluding carboxylic acids is 3. The van der Waals surface area contributed by atoms with Gasteiger partial charge in [0.15, 0.2) is 0 Å². The number of carbonyl (C=O) groups is 3. The molecule has 0 spiro atoms. The van der Waals surface area contributed by atoms with Crippen LogP contribution in [0.5, 0.6) is 0 Å². The summed E-state index contributed by atoms with van der Waals surface area (Å²) in [4.78, 5) is 36.5. The SMILES string of the molecule is Cc1ccc(C(=O)NNC(=O)c2ccc(NC(=O)c3ccc(Br)cc3)cc2)cc1. The Kier molecular flexibility index (Phi) is 6.41. The lowest BCUT2D eigenvalue weighted by Gasteiger charge is -2.09. The van der Waals surface area contributed by atoms with Crippen LogP contribution in [0.4, 0.5) is 5.69 Å². The molecular weight excluding hydrogens is 434 g/mol. The lowest BCUT2D eigenvalue weighted by molar-refractivity contribution is 0.0846. The third-order valence-corrected chi connectivity index (χ3v) is 4.64. The Balaban J connectivity index is 1.55. The van der Waals surface area contributed by atoms with Gasteiger partial charge in [0, 0.05) is 26.9 Å². The van der Waals surface area contributed by atoms with Crippen LogP contribution in [0.3, 0.4) is 0 Å². The lowest BCUT2D eigenvalue weighted by atomic mass is 10.1. The topological polar surface area (TPSA) is 87.3 Å².